The third-order valence-electron chi connectivity index (χ3n) is 4.06. The molecule has 28 heavy (non-hydrogen) atoms. The van der Waals surface area contributed by atoms with Crippen molar-refractivity contribution in [3.63, 3.8) is 0 Å². The number of hydrogen-bond donors (Lipinski definition) is 0. The second-order valence-electron chi connectivity index (χ2n) is 6.01. The van der Waals surface area contributed by atoms with E-state index in [2.05, 4.69) is 9.72 Å². The Morgan fingerprint density at radius 1 is 1.18 bits per heavy atom. The van der Waals surface area contributed by atoms with E-state index in [1.54, 1.807) is 17.4 Å². The molecule has 7 nitrogen and oxygen atoms in total. The van der Waals surface area contributed by atoms with Crippen molar-refractivity contribution in [2.75, 3.05) is 34.0 Å². The average Bonchev–Trinajstić information content (AvgIpc) is 3.18. The predicted molar refractivity (Wildman–Crippen MR) is 107 cm³/mol. The average molecular weight is 407 g/mol. The minimum atomic E-state index is -0.477. The maximum atomic E-state index is 12.9. The first-order valence-corrected chi connectivity index (χ1v) is 9.96. The molecular formula is C20H26N2O5S. The Morgan fingerprint density at radius 3 is 2.57 bits per heavy atom. The fourth-order valence-corrected chi connectivity index (χ4v) is 3.35. The molecular weight excluding hydrogens is 380 g/mol. The molecule has 1 aromatic heterocycles. The van der Waals surface area contributed by atoms with E-state index in [0.29, 0.717) is 31.3 Å². The zero-order valence-electron chi connectivity index (χ0n) is 16.5. The van der Waals surface area contributed by atoms with Crippen LogP contribution >= 0.6 is 11.3 Å². The van der Waals surface area contributed by atoms with Gasteiger partial charge in [-0.15, -0.1) is 11.3 Å². The van der Waals surface area contributed by atoms with E-state index in [0.717, 1.165) is 17.7 Å². The van der Waals surface area contributed by atoms with Crippen molar-refractivity contribution >= 4 is 23.2 Å². The van der Waals surface area contributed by atoms with Crippen molar-refractivity contribution in [1.29, 1.82) is 0 Å². The van der Waals surface area contributed by atoms with Gasteiger partial charge in [0.2, 0.25) is 5.91 Å². The summed E-state index contributed by atoms with van der Waals surface area (Å²) < 4.78 is 15.2. The number of aromatic nitrogens is 1. The van der Waals surface area contributed by atoms with Crippen LogP contribution in [0.1, 0.15) is 34.4 Å². The van der Waals surface area contributed by atoms with Crippen LogP contribution in [-0.2, 0) is 27.2 Å². The van der Waals surface area contributed by atoms with E-state index >= 15 is 0 Å². The molecule has 152 valence electrons. The summed E-state index contributed by atoms with van der Waals surface area (Å²) in [6.07, 6.45) is 1.02. The Labute approximate surface area is 169 Å². The number of hydrogen-bond acceptors (Lipinski definition) is 7. The Balaban J connectivity index is 2.04. The van der Waals surface area contributed by atoms with Crippen molar-refractivity contribution in [3.05, 3.63) is 45.9 Å². The van der Waals surface area contributed by atoms with Crippen molar-refractivity contribution in [2.45, 2.75) is 26.3 Å². The summed E-state index contributed by atoms with van der Waals surface area (Å²) in [5, 5.41) is 2.34. The molecule has 0 aliphatic carbocycles. The number of carbonyl (C=O) groups excluding carboxylic acids is 2. The number of thiazole rings is 1. The van der Waals surface area contributed by atoms with Gasteiger partial charge >= 0.3 is 5.97 Å². The van der Waals surface area contributed by atoms with E-state index < -0.39 is 5.97 Å². The number of amides is 1. The summed E-state index contributed by atoms with van der Waals surface area (Å²) in [6.45, 7) is 4.09. The third kappa shape index (κ3) is 6.61. The smallest absolute Gasteiger partial charge is 0.357 e. The lowest BCUT2D eigenvalue weighted by Crippen LogP contribution is -2.33. The SMILES string of the molecule is CCOCCCN(Cc1nc(C(=O)OC)cs1)C(=O)Cc1ccc(OC)cc1. The van der Waals surface area contributed by atoms with E-state index in [1.807, 2.05) is 31.2 Å². The lowest BCUT2D eigenvalue weighted by Gasteiger charge is -2.22. The maximum Gasteiger partial charge on any atom is 0.357 e. The summed E-state index contributed by atoms with van der Waals surface area (Å²) >= 11 is 1.34. The van der Waals surface area contributed by atoms with Crippen molar-refractivity contribution < 1.29 is 23.8 Å². The highest BCUT2D eigenvalue weighted by atomic mass is 32.1. The van der Waals surface area contributed by atoms with E-state index in [9.17, 15) is 9.59 Å². The Kier molecular flexibility index (Phi) is 8.90. The first-order valence-electron chi connectivity index (χ1n) is 9.08. The van der Waals surface area contributed by atoms with Crippen LogP contribution in [-0.4, -0.2) is 55.7 Å². The molecule has 1 amide bonds. The highest BCUT2D eigenvalue weighted by Crippen LogP contribution is 2.16. The monoisotopic (exact) mass is 406 g/mol. The zero-order chi connectivity index (χ0) is 20.4. The molecule has 8 heteroatoms. The molecule has 0 bridgehead atoms. The molecule has 2 rings (SSSR count). The van der Waals surface area contributed by atoms with Gasteiger partial charge in [-0.05, 0) is 31.0 Å². The second kappa shape index (κ2) is 11.4. The number of benzene rings is 1. The predicted octanol–water partition coefficient (Wildman–Crippen LogP) is 2.94. The zero-order valence-corrected chi connectivity index (χ0v) is 17.3. The van der Waals surface area contributed by atoms with Gasteiger partial charge in [-0.2, -0.15) is 0 Å². The lowest BCUT2D eigenvalue weighted by molar-refractivity contribution is -0.131. The van der Waals surface area contributed by atoms with Crippen LogP contribution in [0.15, 0.2) is 29.6 Å². The van der Waals surface area contributed by atoms with Crippen LogP contribution in [0.2, 0.25) is 0 Å². The minimum Gasteiger partial charge on any atom is -0.497 e. The van der Waals surface area contributed by atoms with Gasteiger partial charge in [0.05, 0.1) is 27.2 Å². The van der Waals surface area contributed by atoms with Gasteiger partial charge in [0.1, 0.15) is 10.8 Å². The summed E-state index contributed by atoms with van der Waals surface area (Å²) in [7, 11) is 2.93. The topological polar surface area (TPSA) is 78.0 Å². The van der Waals surface area contributed by atoms with Gasteiger partial charge < -0.3 is 19.1 Å². The first kappa shape index (κ1) is 21.8. The summed E-state index contributed by atoms with van der Waals surface area (Å²) in [5.74, 6) is 0.273. The molecule has 0 saturated carbocycles. The molecule has 0 N–H and O–H groups in total. The molecule has 0 aliphatic heterocycles. The first-order chi connectivity index (χ1) is 13.6. The molecule has 0 radical (unpaired) electrons. The molecule has 1 aromatic carbocycles. The van der Waals surface area contributed by atoms with Crippen LogP contribution in [0.4, 0.5) is 0 Å². The number of rotatable bonds is 11. The Hall–Kier alpha value is -2.45. The summed E-state index contributed by atoms with van der Waals surface area (Å²) in [6, 6.07) is 7.44. The van der Waals surface area contributed by atoms with Crippen molar-refractivity contribution in [2.24, 2.45) is 0 Å². The molecule has 1 heterocycles. The van der Waals surface area contributed by atoms with Crippen molar-refractivity contribution in [3.8, 4) is 5.75 Å². The third-order valence-corrected chi connectivity index (χ3v) is 4.89. The van der Waals surface area contributed by atoms with E-state index in [-0.39, 0.29) is 18.0 Å². The largest absolute Gasteiger partial charge is 0.497 e. The summed E-state index contributed by atoms with van der Waals surface area (Å²) in [5.41, 5.74) is 1.18. The standard InChI is InChI=1S/C20H26N2O5S/c1-4-27-11-5-10-22(13-18-21-17(14-28-18)20(24)26-3)19(23)12-15-6-8-16(25-2)9-7-15/h6-9,14H,4-5,10-13H2,1-3H3. The molecule has 0 atom stereocenters. The molecule has 2 aromatic rings. The highest BCUT2D eigenvalue weighted by molar-refractivity contribution is 7.09. The Morgan fingerprint density at radius 2 is 1.93 bits per heavy atom. The molecule has 0 unspecified atom stereocenters. The fraction of sp³-hybridized carbons (Fsp3) is 0.450. The number of nitrogens with zero attached hydrogens (tertiary/aromatic N) is 2. The van der Waals surface area contributed by atoms with Crippen LogP contribution in [0.5, 0.6) is 5.75 Å². The molecule has 0 spiro atoms. The van der Waals surface area contributed by atoms with Gasteiger partial charge in [-0.25, -0.2) is 9.78 Å². The quantitative estimate of drug-likeness (QED) is 0.422. The number of esters is 1. The molecule has 0 aliphatic rings. The number of methoxy groups -OCH3 is 2. The lowest BCUT2D eigenvalue weighted by atomic mass is 10.1. The van der Waals surface area contributed by atoms with Gasteiger partial charge in [-0.3, -0.25) is 4.79 Å². The summed E-state index contributed by atoms with van der Waals surface area (Å²) in [4.78, 5) is 30.5. The number of ether oxygens (including phenoxy) is 3. The van der Waals surface area contributed by atoms with E-state index in [1.165, 1.54) is 18.4 Å². The van der Waals surface area contributed by atoms with E-state index in [4.69, 9.17) is 9.47 Å². The molecule has 0 saturated heterocycles. The van der Waals surface area contributed by atoms with Crippen LogP contribution < -0.4 is 4.74 Å². The maximum absolute atomic E-state index is 12.9. The second-order valence-corrected chi connectivity index (χ2v) is 6.95. The van der Waals surface area contributed by atoms with Gasteiger partial charge in [0.25, 0.3) is 0 Å². The van der Waals surface area contributed by atoms with Gasteiger partial charge in [0.15, 0.2) is 5.69 Å². The van der Waals surface area contributed by atoms with Crippen LogP contribution in [0.25, 0.3) is 0 Å². The van der Waals surface area contributed by atoms with Crippen LogP contribution in [0.3, 0.4) is 0 Å². The van der Waals surface area contributed by atoms with Crippen molar-refractivity contribution in [1.82, 2.24) is 9.88 Å². The fourth-order valence-electron chi connectivity index (χ4n) is 2.57. The number of carbonyl (C=O) groups is 2. The minimum absolute atomic E-state index is 0.00326. The molecule has 0 fully saturated rings. The Bertz CT molecular complexity index is 760. The van der Waals surface area contributed by atoms with Crippen LogP contribution in [0, 0.1) is 0 Å². The highest BCUT2D eigenvalue weighted by Gasteiger charge is 2.18. The van der Waals surface area contributed by atoms with Gasteiger partial charge in [0, 0.05) is 25.1 Å². The van der Waals surface area contributed by atoms with Gasteiger partial charge in [-0.1, -0.05) is 12.1 Å². The normalized spacial score (nSPS) is 10.5.